The molecule has 1 amide bonds. The van der Waals surface area contributed by atoms with Crippen LogP contribution >= 0.6 is 0 Å². The van der Waals surface area contributed by atoms with Crippen LogP contribution in [0.1, 0.15) is 23.7 Å². The molecule has 9 nitrogen and oxygen atoms in total. The van der Waals surface area contributed by atoms with Crippen LogP contribution in [0.5, 0.6) is 0 Å². The quantitative estimate of drug-likeness (QED) is 0.640. The van der Waals surface area contributed by atoms with Crippen molar-refractivity contribution in [1.29, 1.82) is 0 Å². The van der Waals surface area contributed by atoms with Gasteiger partial charge in [-0.1, -0.05) is 6.07 Å². The Labute approximate surface area is 196 Å². The summed E-state index contributed by atoms with van der Waals surface area (Å²) in [4.78, 5) is 22.6. The number of benzene rings is 1. The molecule has 1 aromatic heterocycles. The molecule has 0 atom stereocenters. The van der Waals surface area contributed by atoms with Gasteiger partial charge in [0.2, 0.25) is 11.9 Å². The third-order valence-electron chi connectivity index (χ3n) is 6.14. The highest BCUT2D eigenvalue weighted by atomic mass is 32.2. The highest BCUT2D eigenvalue weighted by Gasteiger charge is 2.36. The number of rotatable bonds is 4. The Morgan fingerprint density at radius 3 is 2.41 bits per heavy atom. The first-order valence-electron chi connectivity index (χ1n) is 10.7. The van der Waals surface area contributed by atoms with Crippen molar-refractivity contribution < 1.29 is 26.4 Å². The zero-order valence-electron chi connectivity index (χ0n) is 18.8. The van der Waals surface area contributed by atoms with Gasteiger partial charge in [0, 0.05) is 65.1 Å². The molecule has 13 heteroatoms. The number of fused-ring (bicyclic) bond motifs is 1. The number of aromatic nitrogens is 2. The lowest BCUT2D eigenvalue weighted by Gasteiger charge is -2.36. The molecule has 0 bridgehead atoms. The molecular weight excluding hydrogens is 473 g/mol. The van der Waals surface area contributed by atoms with Crippen molar-refractivity contribution in [3.8, 4) is 0 Å². The molecule has 1 saturated heterocycles. The van der Waals surface area contributed by atoms with E-state index in [1.165, 1.54) is 4.31 Å². The fourth-order valence-corrected chi connectivity index (χ4v) is 5.39. The van der Waals surface area contributed by atoms with Gasteiger partial charge in [-0.15, -0.1) is 0 Å². The zero-order valence-corrected chi connectivity index (χ0v) is 19.6. The summed E-state index contributed by atoms with van der Waals surface area (Å²) in [5.74, 6) is -0.479. The van der Waals surface area contributed by atoms with Crippen molar-refractivity contribution in [3.63, 3.8) is 0 Å². The number of hydrogen-bond acceptors (Lipinski definition) is 6. The molecule has 0 aliphatic carbocycles. The van der Waals surface area contributed by atoms with E-state index in [2.05, 4.69) is 14.9 Å². The Morgan fingerprint density at radius 1 is 1.06 bits per heavy atom. The van der Waals surface area contributed by atoms with Crippen molar-refractivity contribution >= 4 is 27.8 Å². The molecule has 2 aliphatic heterocycles. The summed E-state index contributed by atoms with van der Waals surface area (Å²) in [5.41, 5.74) is 1.67. The first kappa shape index (κ1) is 24.2. The SMILES string of the molecule is CC(=O)N1CCN(c2ccc3c(c2)CCN(S(=O)(=O)N(C)c2nccc(C(F)(F)F)n2)C3)CC1. The van der Waals surface area contributed by atoms with E-state index in [0.29, 0.717) is 29.9 Å². The molecule has 0 unspecified atom stereocenters. The van der Waals surface area contributed by atoms with E-state index in [-0.39, 0.29) is 19.0 Å². The Hall–Kier alpha value is -2.93. The second-order valence-electron chi connectivity index (χ2n) is 8.24. The molecule has 2 aliphatic rings. The smallest absolute Gasteiger partial charge is 0.368 e. The maximum atomic E-state index is 13.1. The van der Waals surface area contributed by atoms with Gasteiger partial charge in [0.1, 0.15) is 5.69 Å². The van der Waals surface area contributed by atoms with Crippen LogP contribution in [-0.4, -0.2) is 73.3 Å². The first-order chi connectivity index (χ1) is 16.0. The van der Waals surface area contributed by atoms with Gasteiger partial charge in [0.15, 0.2) is 0 Å². The first-order valence-corrected chi connectivity index (χ1v) is 12.1. The summed E-state index contributed by atoms with van der Waals surface area (Å²) in [5, 5.41) is 0. The summed E-state index contributed by atoms with van der Waals surface area (Å²) in [6, 6.07) is 6.55. The maximum absolute atomic E-state index is 13.1. The third-order valence-corrected chi connectivity index (χ3v) is 7.96. The largest absolute Gasteiger partial charge is 0.433 e. The molecule has 2 aromatic rings. The Balaban J connectivity index is 1.48. The molecule has 0 radical (unpaired) electrons. The van der Waals surface area contributed by atoms with E-state index in [1.807, 2.05) is 23.1 Å². The number of hydrogen-bond donors (Lipinski definition) is 0. The lowest BCUT2D eigenvalue weighted by atomic mass is 10.00. The van der Waals surface area contributed by atoms with Crippen LogP contribution < -0.4 is 9.21 Å². The average Bonchev–Trinajstić information content (AvgIpc) is 2.82. The number of nitrogens with zero attached hydrogens (tertiary/aromatic N) is 6. The molecular formula is C21H25F3N6O3S. The summed E-state index contributed by atoms with van der Waals surface area (Å²) in [7, 11) is -3.00. The van der Waals surface area contributed by atoms with Crippen molar-refractivity contribution in [3.05, 3.63) is 47.3 Å². The minimum Gasteiger partial charge on any atom is -0.368 e. The molecule has 0 N–H and O–H groups in total. The zero-order chi connectivity index (χ0) is 24.7. The van der Waals surface area contributed by atoms with Crippen molar-refractivity contribution in [2.75, 3.05) is 49.0 Å². The third kappa shape index (κ3) is 4.80. The average molecular weight is 499 g/mol. The lowest BCUT2D eigenvalue weighted by molar-refractivity contribution is -0.141. The highest BCUT2D eigenvalue weighted by Crippen LogP contribution is 2.30. The Bertz CT molecular complexity index is 1180. The molecule has 34 heavy (non-hydrogen) atoms. The Kier molecular flexibility index (Phi) is 6.42. The van der Waals surface area contributed by atoms with E-state index in [0.717, 1.165) is 43.1 Å². The van der Waals surface area contributed by atoms with Gasteiger partial charge in [-0.05, 0) is 35.7 Å². The lowest BCUT2D eigenvalue weighted by Crippen LogP contribution is -2.48. The minimum absolute atomic E-state index is 0.0619. The highest BCUT2D eigenvalue weighted by molar-refractivity contribution is 7.90. The van der Waals surface area contributed by atoms with Gasteiger partial charge in [-0.25, -0.2) is 14.3 Å². The maximum Gasteiger partial charge on any atom is 0.433 e. The molecule has 1 fully saturated rings. The molecule has 0 saturated carbocycles. The van der Waals surface area contributed by atoms with Gasteiger partial charge in [0.05, 0.1) is 0 Å². The van der Waals surface area contributed by atoms with E-state index in [4.69, 9.17) is 0 Å². The number of alkyl halides is 3. The standard InChI is InChI=1S/C21H25F3N6O3S/c1-15(31)28-9-11-29(12-10-28)18-4-3-17-14-30(8-6-16(17)13-18)34(32,33)27(2)20-25-7-5-19(26-20)21(22,23)24/h3-5,7,13H,6,8-12,14H2,1-2H3. The summed E-state index contributed by atoms with van der Waals surface area (Å²) in [6.45, 7) is 4.59. The monoisotopic (exact) mass is 498 g/mol. The molecule has 4 rings (SSSR count). The second-order valence-corrected chi connectivity index (χ2v) is 10.2. The summed E-state index contributed by atoms with van der Waals surface area (Å²) in [6.07, 6.45) is -3.35. The number of halogens is 3. The fourth-order valence-electron chi connectivity index (χ4n) is 4.12. The normalized spacial score (nSPS) is 17.4. The van der Waals surface area contributed by atoms with Gasteiger partial charge in [-0.2, -0.15) is 25.9 Å². The second kappa shape index (κ2) is 9.02. The van der Waals surface area contributed by atoms with Gasteiger partial charge >= 0.3 is 16.4 Å². The molecule has 184 valence electrons. The van der Waals surface area contributed by atoms with Gasteiger partial charge in [0.25, 0.3) is 0 Å². The van der Waals surface area contributed by atoms with Crippen LogP contribution in [-0.2, 0) is 34.1 Å². The van der Waals surface area contributed by atoms with Crippen LogP contribution in [0.2, 0.25) is 0 Å². The Morgan fingerprint density at radius 2 is 1.76 bits per heavy atom. The molecule has 1 aromatic carbocycles. The van der Waals surface area contributed by atoms with Crippen LogP contribution in [0.25, 0.3) is 0 Å². The van der Waals surface area contributed by atoms with Crippen molar-refractivity contribution in [2.45, 2.75) is 26.1 Å². The summed E-state index contributed by atoms with van der Waals surface area (Å²) < 4.78 is 67.0. The fraction of sp³-hybridized carbons (Fsp3) is 0.476. The predicted molar refractivity (Wildman–Crippen MR) is 119 cm³/mol. The minimum atomic E-state index is -4.71. The number of carbonyl (C=O) groups excluding carboxylic acids is 1. The van der Waals surface area contributed by atoms with Crippen molar-refractivity contribution in [1.82, 2.24) is 19.2 Å². The van der Waals surface area contributed by atoms with Crippen LogP contribution in [0.15, 0.2) is 30.5 Å². The predicted octanol–water partition coefficient (Wildman–Crippen LogP) is 1.90. The number of amides is 1. The van der Waals surface area contributed by atoms with Crippen LogP contribution in [0, 0.1) is 0 Å². The number of anilines is 2. The number of carbonyl (C=O) groups is 1. The van der Waals surface area contributed by atoms with Crippen molar-refractivity contribution in [2.24, 2.45) is 0 Å². The topological polar surface area (TPSA) is 90.0 Å². The van der Waals surface area contributed by atoms with E-state index in [1.54, 1.807) is 6.92 Å². The molecule has 3 heterocycles. The van der Waals surface area contributed by atoms with Gasteiger partial charge < -0.3 is 9.80 Å². The van der Waals surface area contributed by atoms with Crippen LogP contribution in [0.3, 0.4) is 0 Å². The summed E-state index contributed by atoms with van der Waals surface area (Å²) >= 11 is 0. The number of piperazine rings is 1. The van der Waals surface area contributed by atoms with E-state index < -0.39 is 28.0 Å². The van der Waals surface area contributed by atoms with Gasteiger partial charge in [-0.3, -0.25) is 4.79 Å². The van der Waals surface area contributed by atoms with Crippen LogP contribution in [0.4, 0.5) is 24.8 Å². The van der Waals surface area contributed by atoms with E-state index in [9.17, 15) is 26.4 Å². The molecule has 0 spiro atoms. The van der Waals surface area contributed by atoms with E-state index >= 15 is 0 Å².